The van der Waals surface area contributed by atoms with Crippen molar-refractivity contribution in [1.29, 1.82) is 5.26 Å². The van der Waals surface area contributed by atoms with E-state index in [1.807, 2.05) is 39.8 Å². The van der Waals surface area contributed by atoms with Crippen LogP contribution in [-0.4, -0.2) is 18.3 Å². The van der Waals surface area contributed by atoms with Crippen molar-refractivity contribution < 1.29 is 18.4 Å². The van der Waals surface area contributed by atoms with Gasteiger partial charge in [0.25, 0.3) is 0 Å². The first-order valence-electron chi connectivity index (χ1n) is 8.05. The third-order valence-corrected chi connectivity index (χ3v) is 4.70. The molecule has 1 heterocycles. The van der Waals surface area contributed by atoms with E-state index < -0.39 is 24.1 Å². The fraction of sp³-hybridized carbons (Fsp3) is 0.316. The van der Waals surface area contributed by atoms with E-state index in [-0.39, 0.29) is 5.56 Å². The minimum Gasteiger partial charge on any atom is -0.457 e. The highest BCUT2D eigenvalue weighted by Gasteiger charge is 2.51. The summed E-state index contributed by atoms with van der Waals surface area (Å²) in [5.74, 6) is 0.419. The van der Waals surface area contributed by atoms with Gasteiger partial charge in [-0.15, -0.1) is 0 Å². The van der Waals surface area contributed by atoms with Crippen molar-refractivity contribution in [2.75, 3.05) is 0 Å². The second-order valence-electron chi connectivity index (χ2n) is 7.01. The fourth-order valence-electron chi connectivity index (χ4n) is 2.46. The molecule has 0 radical (unpaired) electrons. The molecule has 6 heteroatoms. The summed E-state index contributed by atoms with van der Waals surface area (Å²) in [4.78, 5) is 0. The molecule has 1 saturated heterocycles. The molecule has 0 bridgehead atoms. The van der Waals surface area contributed by atoms with Crippen molar-refractivity contribution in [3.63, 3.8) is 0 Å². The highest BCUT2D eigenvalue weighted by molar-refractivity contribution is 6.62. The second-order valence-corrected chi connectivity index (χ2v) is 7.01. The molecule has 2 aromatic carbocycles. The van der Waals surface area contributed by atoms with E-state index in [0.29, 0.717) is 11.5 Å². The smallest absolute Gasteiger partial charge is 0.457 e. The van der Waals surface area contributed by atoms with Crippen molar-refractivity contribution in [3.8, 4) is 17.6 Å². The molecule has 3 rings (SSSR count). The zero-order valence-corrected chi connectivity index (χ0v) is 14.7. The van der Waals surface area contributed by atoms with Crippen LogP contribution in [0, 0.1) is 17.1 Å². The number of rotatable bonds is 3. The van der Waals surface area contributed by atoms with Gasteiger partial charge in [0.05, 0.1) is 16.8 Å². The topological polar surface area (TPSA) is 51.5 Å². The molecule has 4 nitrogen and oxygen atoms in total. The first-order chi connectivity index (χ1) is 11.7. The zero-order valence-electron chi connectivity index (χ0n) is 14.7. The molecule has 1 fully saturated rings. The quantitative estimate of drug-likeness (QED) is 0.799. The molecule has 0 saturated carbocycles. The minimum atomic E-state index is -0.564. The summed E-state index contributed by atoms with van der Waals surface area (Å²) in [6.45, 7) is 8.02. The van der Waals surface area contributed by atoms with E-state index in [0.717, 1.165) is 5.46 Å². The summed E-state index contributed by atoms with van der Waals surface area (Å²) in [6, 6.07) is 13.2. The Balaban J connectivity index is 1.75. The Morgan fingerprint density at radius 2 is 1.52 bits per heavy atom. The molecule has 0 spiro atoms. The van der Waals surface area contributed by atoms with Gasteiger partial charge in [-0.1, -0.05) is 12.1 Å². The monoisotopic (exact) mass is 339 g/mol. The van der Waals surface area contributed by atoms with E-state index >= 15 is 0 Å². The lowest BCUT2D eigenvalue weighted by Gasteiger charge is -2.32. The predicted molar refractivity (Wildman–Crippen MR) is 93.3 cm³/mol. The van der Waals surface area contributed by atoms with Crippen LogP contribution in [0.2, 0.25) is 0 Å². The number of nitrogens with zero attached hydrogens (tertiary/aromatic N) is 1. The average Bonchev–Trinajstić information content (AvgIpc) is 2.78. The molecular formula is C19H19BFNO3. The van der Waals surface area contributed by atoms with Gasteiger partial charge in [0.15, 0.2) is 0 Å². The maximum atomic E-state index is 13.4. The standard InChI is InChI=1S/C19H19BFNO3/c1-18(2)19(3,4)25-20(24-18)14-5-7-15(8-6-14)23-16-9-10-17(21)13(11-16)12-22/h5-11H,1-4H3. The summed E-state index contributed by atoms with van der Waals surface area (Å²) in [5, 5.41) is 8.88. The molecule has 0 unspecified atom stereocenters. The molecule has 128 valence electrons. The average molecular weight is 339 g/mol. The number of benzene rings is 2. The number of nitriles is 1. The molecule has 0 amide bonds. The van der Waals surface area contributed by atoms with Crippen LogP contribution in [-0.2, 0) is 9.31 Å². The molecule has 0 aromatic heterocycles. The lowest BCUT2D eigenvalue weighted by Crippen LogP contribution is -2.41. The van der Waals surface area contributed by atoms with Crippen LogP contribution in [0.25, 0.3) is 0 Å². The number of ether oxygens (including phenoxy) is 1. The third-order valence-electron chi connectivity index (χ3n) is 4.70. The minimum absolute atomic E-state index is 0.0497. The van der Waals surface area contributed by atoms with Crippen LogP contribution >= 0.6 is 0 Å². The summed E-state index contributed by atoms with van der Waals surface area (Å²) < 4.78 is 31.1. The summed E-state index contributed by atoms with van der Waals surface area (Å²) in [7, 11) is -0.435. The van der Waals surface area contributed by atoms with Gasteiger partial charge in [0, 0.05) is 6.07 Å². The Hall–Kier alpha value is -2.36. The number of hydrogen-bond donors (Lipinski definition) is 0. The molecule has 25 heavy (non-hydrogen) atoms. The van der Waals surface area contributed by atoms with Crippen molar-refractivity contribution >= 4 is 12.6 Å². The van der Waals surface area contributed by atoms with Crippen molar-refractivity contribution in [2.24, 2.45) is 0 Å². The van der Waals surface area contributed by atoms with Gasteiger partial charge in [-0.05, 0) is 57.4 Å². The van der Waals surface area contributed by atoms with E-state index in [1.54, 1.807) is 18.2 Å². The first-order valence-corrected chi connectivity index (χ1v) is 8.05. The molecule has 0 atom stereocenters. The van der Waals surface area contributed by atoms with Crippen molar-refractivity contribution in [2.45, 2.75) is 38.9 Å². The Morgan fingerprint density at radius 1 is 0.960 bits per heavy atom. The Labute approximate surface area is 147 Å². The van der Waals surface area contributed by atoms with Gasteiger partial charge in [0.2, 0.25) is 0 Å². The van der Waals surface area contributed by atoms with Crippen molar-refractivity contribution in [3.05, 3.63) is 53.8 Å². The SMILES string of the molecule is CC1(C)OB(c2ccc(Oc3ccc(F)c(C#N)c3)cc2)OC1(C)C. The molecular weight excluding hydrogens is 320 g/mol. The largest absolute Gasteiger partial charge is 0.494 e. The lowest BCUT2D eigenvalue weighted by atomic mass is 9.79. The van der Waals surface area contributed by atoms with Gasteiger partial charge < -0.3 is 14.0 Å². The molecule has 1 aliphatic rings. The van der Waals surface area contributed by atoms with Gasteiger partial charge >= 0.3 is 7.12 Å². The van der Waals surface area contributed by atoms with Crippen LogP contribution in [0.5, 0.6) is 11.5 Å². The van der Waals surface area contributed by atoms with Crippen LogP contribution in [0.4, 0.5) is 4.39 Å². The van der Waals surface area contributed by atoms with E-state index in [1.165, 1.54) is 18.2 Å². The zero-order chi connectivity index (χ0) is 18.2. The Bertz CT molecular complexity index is 812. The van der Waals surface area contributed by atoms with E-state index in [4.69, 9.17) is 19.3 Å². The highest BCUT2D eigenvalue weighted by atomic mass is 19.1. The van der Waals surface area contributed by atoms with Crippen LogP contribution in [0.3, 0.4) is 0 Å². The summed E-state index contributed by atoms with van der Waals surface area (Å²) in [5.41, 5.74) is 0.0534. The van der Waals surface area contributed by atoms with Gasteiger partial charge in [-0.25, -0.2) is 4.39 Å². The van der Waals surface area contributed by atoms with E-state index in [9.17, 15) is 4.39 Å². The molecule has 0 aliphatic carbocycles. The first kappa shape index (κ1) is 17.5. The summed E-state index contributed by atoms with van der Waals surface area (Å²) >= 11 is 0. The molecule has 1 aliphatic heterocycles. The molecule has 0 N–H and O–H groups in total. The van der Waals surface area contributed by atoms with Crippen molar-refractivity contribution in [1.82, 2.24) is 0 Å². The maximum Gasteiger partial charge on any atom is 0.494 e. The molecule has 2 aromatic rings. The van der Waals surface area contributed by atoms with Gasteiger partial charge in [-0.3, -0.25) is 0 Å². The summed E-state index contributed by atoms with van der Waals surface area (Å²) in [6.07, 6.45) is 0. The third kappa shape index (κ3) is 3.39. The Morgan fingerprint density at radius 3 is 2.08 bits per heavy atom. The van der Waals surface area contributed by atoms with Gasteiger partial charge in [-0.2, -0.15) is 5.26 Å². The predicted octanol–water partition coefficient (Wildman–Crippen LogP) is 3.79. The normalized spacial score (nSPS) is 18.0. The number of halogens is 1. The van der Waals surface area contributed by atoms with Gasteiger partial charge in [0.1, 0.15) is 23.4 Å². The maximum absolute atomic E-state index is 13.4. The van der Waals surface area contributed by atoms with Crippen LogP contribution < -0.4 is 10.2 Å². The lowest BCUT2D eigenvalue weighted by molar-refractivity contribution is 0.00578. The number of hydrogen-bond acceptors (Lipinski definition) is 4. The highest BCUT2D eigenvalue weighted by Crippen LogP contribution is 2.36. The van der Waals surface area contributed by atoms with Crippen LogP contribution in [0.15, 0.2) is 42.5 Å². The fourth-order valence-corrected chi connectivity index (χ4v) is 2.46. The second kappa shape index (κ2) is 6.18. The van der Waals surface area contributed by atoms with Crippen LogP contribution in [0.1, 0.15) is 33.3 Å². The Kier molecular flexibility index (Phi) is 4.32. The van der Waals surface area contributed by atoms with E-state index in [2.05, 4.69) is 0 Å².